The first-order chi connectivity index (χ1) is 8.15. The van der Waals surface area contributed by atoms with Gasteiger partial charge in [-0.2, -0.15) is 0 Å². The largest absolute Gasteiger partial charge is 0.392 e. The number of carbonyl (C=O) groups is 1. The van der Waals surface area contributed by atoms with Crippen LogP contribution >= 0.6 is 0 Å². The Balaban J connectivity index is 2.22. The van der Waals surface area contributed by atoms with Crippen molar-refractivity contribution in [3.8, 4) is 0 Å². The minimum atomic E-state index is -0.124. The van der Waals surface area contributed by atoms with Crippen molar-refractivity contribution >= 4 is 5.78 Å². The standard InChI is InChI=1S/C13H20O4/c1-16-7-13(8-17-2)4-9-3-12(15)11(6-14)10(9)5-13/h9,14H,3-8H2,1-2H3. The minimum absolute atomic E-state index is 0.00931. The maximum atomic E-state index is 11.7. The number of aliphatic hydroxyl groups is 1. The van der Waals surface area contributed by atoms with Gasteiger partial charge in [0.25, 0.3) is 0 Å². The number of rotatable bonds is 5. The molecule has 0 spiro atoms. The second-order valence-electron chi connectivity index (χ2n) is 5.23. The number of ketones is 1. The number of fused-ring (bicyclic) bond motifs is 1. The molecular formula is C13H20O4. The van der Waals surface area contributed by atoms with Gasteiger partial charge >= 0.3 is 0 Å². The molecule has 1 unspecified atom stereocenters. The fraction of sp³-hybridized carbons (Fsp3) is 0.769. The summed E-state index contributed by atoms with van der Waals surface area (Å²) in [4.78, 5) is 11.7. The first-order valence-corrected chi connectivity index (χ1v) is 5.99. The second-order valence-corrected chi connectivity index (χ2v) is 5.23. The highest BCUT2D eigenvalue weighted by Crippen LogP contribution is 2.51. The number of hydrogen-bond acceptors (Lipinski definition) is 4. The molecule has 17 heavy (non-hydrogen) atoms. The van der Waals surface area contributed by atoms with E-state index in [1.807, 2.05) is 0 Å². The average Bonchev–Trinajstić information content (AvgIpc) is 2.72. The van der Waals surface area contributed by atoms with Crippen LogP contribution in [0.2, 0.25) is 0 Å². The van der Waals surface area contributed by atoms with E-state index < -0.39 is 0 Å². The van der Waals surface area contributed by atoms with E-state index in [2.05, 4.69) is 0 Å². The van der Waals surface area contributed by atoms with E-state index >= 15 is 0 Å². The van der Waals surface area contributed by atoms with Crippen molar-refractivity contribution in [1.29, 1.82) is 0 Å². The third-order valence-electron chi connectivity index (χ3n) is 3.95. The summed E-state index contributed by atoms with van der Waals surface area (Å²) in [6.45, 7) is 1.17. The maximum Gasteiger partial charge on any atom is 0.161 e. The normalized spacial score (nSPS) is 26.8. The van der Waals surface area contributed by atoms with Crippen molar-refractivity contribution in [2.75, 3.05) is 34.0 Å². The van der Waals surface area contributed by atoms with Gasteiger partial charge in [-0.15, -0.1) is 0 Å². The number of ether oxygens (including phenoxy) is 2. The van der Waals surface area contributed by atoms with Gasteiger partial charge in [0.2, 0.25) is 0 Å². The minimum Gasteiger partial charge on any atom is -0.392 e. The highest BCUT2D eigenvalue weighted by molar-refractivity contribution is 5.99. The maximum absolute atomic E-state index is 11.7. The SMILES string of the molecule is COCC1(COC)CC2=C(CO)C(=O)CC2C1. The summed E-state index contributed by atoms with van der Waals surface area (Å²) in [5.74, 6) is 0.422. The molecule has 0 saturated heterocycles. The number of methoxy groups -OCH3 is 2. The molecule has 4 heteroatoms. The molecule has 0 bridgehead atoms. The molecule has 1 fully saturated rings. The first kappa shape index (κ1) is 12.7. The lowest BCUT2D eigenvalue weighted by atomic mass is 9.85. The van der Waals surface area contributed by atoms with Crippen molar-refractivity contribution in [2.45, 2.75) is 19.3 Å². The summed E-state index contributed by atoms with van der Waals surface area (Å²) in [6.07, 6.45) is 2.31. The summed E-state index contributed by atoms with van der Waals surface area (Å²) in [5.41, 5.74) is 1.78. The highest BCUT2D eigenvalue weighted by Gasteiger charge is 2.47. The second kappa shape index (κ2) is 4.88. The van der Waals surface area contributed by atoms with Crippen LogP contribution in [-0.4, -0.2) is 44.9 Å². The van der Waals surface area contributed by atoms with Crippen LogP contribution < -0.4 is 0 Å². The van der Waals surface area contributed by atoms with Crippen LogP contribution in [-0.2, 0) is 14.3 Å². The van der Waals surface area contributed by atoms with Gasteiger partial charge in [0.05, 0.1) is 19.8 Å². The summed E-state index contributed by atoms with van der Waals surface area (Å²) in [5, 5.41) is 9.27. The molecular weight excluding hydrogens is 220 g/mol. The molecule has 1 saturated carbocycles. The molecule has 0 aliphatic heterocycles. The van der Waals surface area contributed by atoms with E-state index in [-0.39, 0.29) is 17.8 Å². The van der Waals surface area contributed by atoms with Gasteiger partial charge in [0.15, 0.2) is 5.78 Å². The van der Waals surface area contributed by atoms with Gasteiger partial charge in [0, 0.05) is 31.6 Å². The average molecular weight is 240 g/mol. The lowest BCUT2D eigenvalue weighted by Gasteiger charge is -2.27. The zero-order valence-electron chi connectivity index (χ0n) is 10.5. The van der Waals surface area contributed by atoms with Crippen LogP contribution in [0.25, 0.3) is 0 Å². The van der Waals surface area contributed by atoms with Gasteiger partial charge in [-0.25, -0.2) is 0 Å². The molecule has 2 aliphatic carbocycles. The van der Waals surface area contributed by atoms with E-state index in [1.165, 1.54) is 0 Å². The highest BCUT2D eigenvalue weighted by atomic mass is 16.5. The number of hydrogen-bond donors (Lipinski definition) is 1. The molecule has 0 amide bonds. The van der Waals surface area contributed by atoms with E-state index in [0.717, 1.165) is 18.4 Å². The summed E-state index contributed by atoms with van der Waals surface area (Å²) >= 11 is 0. The zero-order valence-corrected chi connectivity index (χ0v) is 10.5. The predicted octanol–water partition coefficient (Wildman–Crippen LogP) is 0.937. The van der Waals surface area contributed by atoms with E-state index in [1.54, 1.807) is 14.2 Å². The van der Waals surface area contributed by atoms with Crippen LogP contribution in [0.5, 0.6) is 0 Å². The van der Waals surface area contributed by atoms with Gasteiger partial charge < -0.3 is 14.6 Å². The summed E-state index contributed by atoms with van der Waals surface area (Å²) in [7, 11) is 3.38. The third kappa shape index (κ3) is 2.17. The Morgan fingerprint density at radius 1 is 1.35 bits per heavy atom. The van der Waals surface area contributed by atoms with E-state index in [4.69, 9.17) is 9.47 Å². The molecule has 1 atom stereocenters. The van der Waals surface area contributed by atoms with Crippen molar-refractivity contribution in [1.82, 2.24) is 0 Å². The Kier molecular flexibility index (Phi) is 3.66. The van der Waals surface area contributed by atoms with E-state index in [9.17, 15) is 9.90 Å². The topological polar surface area (TPSA) is 55.8 Å². The van der Waals surface area contributed by atoms with Gasteiger partial charge in [-0.3, -0.25) is 4.79 Å². The Bertz CT molecular complexity index is 339. The molecule has 1 N–H and O–H groups in total. The van der Waals surface area contributed by atoms with Gasteiger partial charge in [-0.05, 0) is 18.8 Å². The number of Topliss-reactive ketones (excluding diaryl/α,β-unsaturated/α-hetero) is 1. The molecule has 0 aromatic rings. The molecule has 0 aromatic heterocycles. The quantitative estimate of drug-likeness (QED) is 0.777. The molecule has 0 radical (unpaired) electrons. The lowest BCUT2D eigenvalue weighted by Crippen LogP contribution is -2.29. The van der Waals surface area contributed by atoms with Crippen LogP contribution in [0.15, 0.2) is 11.1 Å². The summed E-state index contributed by atoms with van der Waals surface area (Å²) < 4.78 is 10.6. The van der Waals surface area contributed by atoms with Crippen LogP contribution in [0, 0.1) is 11.3 Å². The van der Waals surface area contributed by atoms with Gasteiger partial charge in [0.1, 0.15) is 0 Å². The number of aliphatic hydroxyl groups excluding tert-OH is 1. The fourth-order valence-electron chi connectivity index (χ4n) is 3.40. The Hall–Kier alpha value is -0.710. The fourth-order valence-corrected chi connectivity index (χ4v) is 3.40. The van der Waals surface area contributed by atoms with Crippen molar-refractivity contribution < 1.29 is 19.4 Å². The van der Waals surface area contributed by atoms with Gasteiger partial charge in [-0.1, -0.05) is 5.57 Å². The Morgan fingerprint density at radius 2 is 2.00 bits per heavy atom. The molecule has 2 aliphatic rings. The smallest absolute Gasteiger partial charge is 0.161 e. The van der Waals surface area contributed by atoms with Crippen molar-refractivity contribution in [3.05, 3.63) is 11.1 Å². The number of carbonyl (C=O) groups excluding carboxylic acids is 1. The Labute approximate surface area is 102 Å². The Morgan fingerprint density at radius 3 is 2.53 bits per heavy atom. The first-order valence-electron chi connectivity index (χ1n) is 5.99. The molecule has 4 nitrogen and oxygen atoms in total. The monoisotopic (exact) mass is 240 g/mol. The zero-order chi connectivity index (χ0) is 12.5. The third-order valence-corrected chi connectivity index (χ3v) is 3.95. The van der Waals surface area contributed by atoms with Crippen molar-refractivity contribution in [2.24, 2.45) is 11.3 Å². The van der Waals surface area contributed by atoms with Crippen LogP contribution in [0.4, 0.5) is 0 Å². The van der Waals surface area contributed by atoms with E-state index in [0.29, 0.717) is 31.1 Å². The number of allylic oxidation sites excluding steroid dienone is 1. The van der Waals surface area contributed by atoms with Crippen LogP contribution in [0.3, 0.4) is 0 Å². The lowest BCUT2D eigenvalue weighted by molar-refractivity contribution is -0.116. The molecule has 96 valence electrons. The summed E-state index contributed by atoms with van der Waals surface area (Å²) in [6, 6.07) is 0. The predicted molar refractivity (Wildman–Crippen MR) is 62.6 cm³/mol. The molecule has 2 rings (SSSR count). The van der Waals surface area contributed by atoms with Crippen LogP contribution in [0.1, 0.15) is 19.3 Å². The van der Waals surface area contributed by atoms with Crippen molar-refractivity contribution in [3.63, 3.8) is 0 Å². The molecule has 0 aromatic carbocycles. The molecule has 0 heterocycles.